The first-order valence-electron chi connectivity index (χ1n) is 5.81. The largest absolute Gasteiger partial charge is 0.469 e. The van der Waals surface area contributed by atoms with Gasteiger partial charge in [-0.05, 0) is 24.3 Å². The molecule has 1 heterocycles. The van der Waals surface area contributed by atoms with Crippen molar-refractivity contribution in [3.63, 3.8) is 0 Å². The van der Waals surface area contributed by atoms with Crippen LogP contribution in [0.5, 0.6) is 0 Å². The Bertz CT molecular complexity index is 549. The number of rotatable bonds is 4. The molecule has 3 nitrogen and oxygen atoms in total. The molecule has 0 saturated heterocycles. The van der Waals surface area contributed by atoms with Gasteiger partial charge in [0.25, 0.3) is 5.91 Å². The molecule has 0 spiro atoms. The molecule has 0 fully saturated rings. The number of halogens is 2. The smallest absolute Gasteiger partial charge is 0.258 e. The second-order valence-electron chi connectivity index (χ2n) is 4.15. The van der Waals surface area contributed by atoms with Crippen molar-refractivity contribution >= 4 is 17.5 Å². The zero-order chi connectivity index (χ0) is 13.8. The Labute approximate surface area is 115 Å². The Morgan fingerprint density at radius 3 is 2.79 bits per heavy atom. The Morgan fingerprint density at radius 2 is 2.16 bits per heavy atom. The molecular weight excluding hydrogens is 269 g/mol. The van der Waals surface area contributed by atoms with Crippen LogP contribution < -0.4 is 0 Å². The van der Waals surface area contributed by atoms with Crippen LogP contribution in [-0.2, 0) is 6.42 Å². The quantitative estimate of drug-likeness (QED) is 0.861. The van der Waals surface area contributed by atoms with Gasteiger partial charge in [0, 0.05) is 20.0 Å². The van der Waals surface area contributed by atoms with Gasteiger partial charge in [0.2, 0.25) is 0 Å². The predicted molar refractivity (Wildman–Crippen MR) is 70.8 cm³/mol. The molecular formula is C14H13ClFNO2. The number of furan rings is 1. The number of amides is 1. The summed E-state index contributed by atoms with van der Waals surface area (Å²) < 4.78 is 18.8. The maximum absolute atomic E-state index is 13.6. The van der Waals surface area contributed by atoms with Crippen molar-refractivity contribution in [2.75, 3.05) is 13.6 Å². The number of nitrogens with zero attached hydrogens (tertiary/aromatic N) is 1. The first-order chi connectivity index (χ1) is 9.09. The van der Waals surface area contributed by atoms with Gasteiger partial charge in [-0.25, -0.2) is 4.39 Å². The summed E-state index contributed by atoms with van der Waals surface area (Å²) in [7, 11) is 1.61. The Kier molecular flexibility index (Phi) is 4.22. The van der Waals surface area contributed by atoms with Gasteiger partial charge in [-0.15, -0.1) is 0 Å². The topological polar surface area (TPSA) is 33.5 Å². The summed E-state index contributed by atoms with van der Waals surface area (Å²) in [6.07, 6.45) is 2.15. The molecule has 2 rings (SSSR count). The molecule has 0 radical (unpaired) electrons. The molecule has 5 heteroatoms. The van der Waals surface area contributed by atoms with Gasteiger partial charge in [-0.2, -0.15) is 0 Å². The summed E-state index contributed by atoms with van der Waals surface area (Å²) >= 11 is 5.86. The fourth-order valence-electron chi connectivity index (χ4n) is 1.73. The Morgan fingerprint density at radius 1 is 1.37 bits per heavy atom. The van der Waals surface area contributed by atoms with Crippen molar-refractivity contribution in [2.45, 2.75) is 6.42 Å². The highest BCUT2D eigenvalue weighted by molar-refractivity contribution is 6.33. The van der Waals surface area contributed by atoms with E-state index in [0.717, 1.165) is 5.76 Å². The minimum atomic E-state index is -0.609. The van der Waals surface area contributed by atoms with E-state index in [4.69, 9.17) is 16.0 Å². The molecule has 0 unspecified atom stereocenters. The number of carbonyl (C=O) groups excluding carboxylic acids is 1. The lowest BCUT2D eigenvalue weighted by molar-refractivity contribution is 0.0790. The monoisotopic (exact) mass is 281 g/mol. The van der Waals surface area contributed by atoms with Crippen molar-refractivity contribution in [1.29, 1.82) is 0 Å². The van der Waals surface area contributed by atoms with Crippen molar-refractivity contribution < 1.29 is 13.6 Å². The van der Waals surface area contributed by atoms with Crippen molar-refractivity contribution in [3.05, 3.63) is 58.8 Å². The number of benzene rings is 1. The summed E-state index contributed by atoms with van der Waals surface area (Å²) in [5.41, 5.74) is -0.0916. The number of carbonyl (C=O) groups is 1. The van der Waals surface area contributed by atoms with Crippen LogP contribution >= 0.6 is 11.6 Å². The number of hydrogen-bond acceptors (Lipinski definition) is 2. The lowest BCUT2D eigenvalue weighted by Crippen LogP contribution is -2.29. The lowest BCUT2D eigenvalue weighted by atomic mass is 10.2. The number of likely N-dealkylation sites (N-methyl/N-ethyl adjacent to an activating group) is 1. The van der Waals surface area contributed by atoms with Crippen molar-refractivity contribution in [2.24, 2.45) is 0 Å². The third kappa shape index (κ3) is 3.15. The highest BCUT2D eigenvalue weighted by atomic mass is 35.5. The average Bonchev–Trinajstić information content (AvgIpc) is 2.88. The molecule has 0 aliphatic heterocycles. The van der Waals surface area contributed by atoms with Gasteiger partial charge >= 0.3 is 0 Å². The molecule has 0 saturated carbocycles. The standard InChI is InChI=1S/C14H13ClFNO2/c1-17(8-7-10-4-3-9-19-10)14(18)13-11(15)5-2-6-12(13)16/h2-6,9H,7-8H2,1H3. The first kappa shape index (κ1) is 13.6. The molecule has 1 aromatic carbocycles. The van der Waals surface area contributed by atoms with Gasteiger partial charge in [0.05, 0.1) is 16.8 Å². The van der Waals surface area contributed by atoms with E-state index in [1.54, 1.807) is 19.4 Å². The van der Waals surface area contributed by atoms with Crippen LogP contribution in [-0.4, -0.2) is 24.4 Å². The van der Waals surface area contributed by atoms with Gasteiger partial charge < -0.3 is 9.32 Å². The van der Waals surface area contributed by atoms with Crippen LogP contribution in [0.25, 0.3) is 0 Å². The molecule has 0 atom stereocenters. The van der Waals surface area contributed by atoms with Crippen LogP contribution in [0.2, 0.25) is 5.02 Å². The van der Waals surface area contributed by atoms with Crippen molar-refractivity contribution in [3.8, 4) is 0 Å². The van der Waals surface area contributed by atoms with Crippen LogP contribution in [0.4, 0.5) is 4.39 Å². The fraction of sp³-hybridized carbons (Fsp3) is 0.214. The van der Waals surface area contributed by atoms with Crippen molar-refractivity contribution in [1.82, 2.24) is 4.90 Å². The maximum atomic E-state index is 13.6. The highest BCUT2D eigenvalue weighted by Crippen LogP contribution is 2.20. The SMILES string of the molecule is CN(CCc1ccco1)C(=O)c1c(F)cccc1Cl. The number of hydrogen-bond donors (Lipinski definition) is 0. The van der Waals surface area contributed by atoms with E-state index in [1.165, 1.54) is 23.1 Å². The molecule has 19 heavy (non-hydrogen) atoms. The maximum Gasteiger partial charge on any atom is 0.258 e. The molecule has 0 aliphatic carbocycles. The highest BCUT2D eigenvalue weighted by Gasteiger charge is 2.19. The molecule has 0 N–H and O–H groups in total. The van der Waals surface area contributed by atoms with Crippen LogP contribution in [0.1, 0.15) is 16.1 Å². The fourth-order valence-corrected chi connectivity index (χ4v) is 1.97. The molecule has 100 valence electrons. The zero-order valence-corrected chi connectivity index (χ0v) is 11.2. The van der Waals surface area contributed by atoms with E-state index >= 15 is 0 Å². The van der Waals surface area contributed by atoms with E-state index in [-0.39, 0.29) is 10.6 Å². The van der Waals surface area contributed by atoms with Gasteiger partial charge in [0.1, 0.15) is 11.6 Å². The van der Waals surface area contributed by atoms with E-state index in [9.17, 15) is 9.18 Å². The van der Waals surface area contributed by atoms with Gasteiger partial charge in [-0.1, -0.05) is 17.7 Å². The summed E-state index contributed by atoms with van der Waals surface area (Å²) in [6.45, 7) is 0.428. The molecule has 2 aromatic rings. The minimum absolute atomic E-state index is 0.0916. The predicted octanol–water partition coefficient (Wildman–Crippen LogP) is 3.39. The van der Waals surface area contributed by atoms with Crippen LogP contribution in [0.15, 0.2) is 41.0 Å². The minimum Gasteiger partial charge on any atom is -0.469 e. The molecule has 1 aromatic heterocycles. The Hall–Kier alpha value is -1.81. The Balaban J connectivity index is 2.06. The second-order valence-corrected chi connectivity index (χ2v) is 4.56. The van der Waals surface area contributed by atoms with Gasteiger partial charge in [-0.3, -0.25) is 4.79 Å². The van der Waals surface area contributed by atoms with E-state index < -0.39 is 11.7 Å². The summed E-state index contributed by atoms with van der Waals surface area (Å²) in [4.78, 5) is 13.5. The first-order valence-corrected chi connectivity index (χ1v) is 6.19. The van der Waals surface area contributed by atoms with E-state index in [1.807, 2.05) is 6.07 Å². The summed E-state index contributed by atoms with van der Waals surface area (Å²) in [5.74, 6) is -0.267. The molecule has 0 aliphatic rings. The lowest BCUT2D eigenvalue weighted by Gasteiger charge is -2.17. The summed E-state index contributed by atoms with van der Waals surface area (Å²) in [6, 6.07) is 7.80. The third-order valence-corrected chi connectivity index (χ3v) is 3.11. The molecule has 0 bridgehead atoms. The normalized spacial score (nSPS) is 10.5. The van der Waals surface area contributed by atoms with Crippen LogP contribution in [0.3, 0.4) is 0 Å². The third-order valence-electron chi connectivity index (χ3n) is 2.80. The second kappa shape index (κ2) is 5.89. The van der Waals surface area contributed by atoms with E-state index in [0.29, 0.717) is 13.0 Å². The van der Waals surface area contributed by atoms with Gasteiger partial charge in [0.15, 0.2) is 0 Å². The summed E-state index contributed by atoms with van der Waals surface area (Å²) in [5, 5.41) is 0.120. The average molecular weight is 282 g/mol. The zero-order valence-electron chi connectivity index (χ0n) is 10.4. The van der Waals surface area contributed by atoms with E-state index in [2.05, 4.69) is 0 Å². The molecule has 1 amide bonds. The van der Waals surface area contributed by atoms with Crippen LogP contribution in [0, 0.1) is 5.82 Å².